The molecule has 0 spiro atoms. The lowest BCUT2D eigenvalue weighted by Gasteiger charge is -2.04. The summed E-state index contributed by atoms with van der Waals surface area (Å²) in [6.45, 7) is 0.109. The number of phenolic OH excluding ortho intramolecular Hbond substituents is 1. The molecular formula is C15H10IN3O5. The lowest BCUT2D eigenvalue weighted by Crippen LogP contribution is -2.23. The number of rotatable bonds is 5. The molecule has 9 heteroatoms. The van der Waals surface area contributed by atoms with Crippen molar-refractivity contribution >= 4 is 40.3 Å². The van der Waals surface area contributed by atoms with E-state index in [4.69, 9.17) is 9.68 Å². The lowest BCUT2D eigenvalue weighted by atomic mass is 10.1. The maximum atomic E-state index is 12.0. The number of aromatic hydroxyl groups is 1. The Balaban J connectivity index is 2.25. The van der Waals surface area contributed by atoms with Gasteiger partial charge in [-0.25, -0.2) is 0 Å². The zero-order valence-corrected chi connectivity index (χ0v) is 14.2. The zero-order valence-electron chi connectivity index (χ0n) is 12.0. The Morgan fingerprint density at radius 3 is 2.88 bits per heavy atom. The van der Waals surface area contributed by atoms with Gasteiger partial charge >= 0.3 is 5.69 Å². The van der Waals surface area contributed by atoms with Crippen LogP contribution >= 0.6 is 22.6 Å². The number of nitro groups is 1. The van der Waals surface area contributed by atoms with Crippen LogP contribution in [0.2, 0.25) is 0 Å². The molecule has 8 nitrogen and oxygen atoms in total. The van der Waals surface area contributed by atoms with Crippen molar-refractivity contribution in [3.63, 3.8) is 0 Å². The van der Waals surface area contributed by atoms with Crippen molar-refractivity contribution in [2.45, 2.75) is 6.54 Å². The van der Waals surface area contributed by atoms with Crippen molar-refractivity contribution in [3.05, 3.63) is 61.1 Å². The molecule has 0 bridgehead atoms. The number of benzene rings is 1. The zero-order chi connectivity index (χ0) is 17.7. The van der Waals surface area contributed by atoms with Gasteiger partial charge in [0.15, 0.2) is 0 Å². The third-order valence-corrected chi connectivity index (χ3v) is 3.76. The third-order valence-electron chi connectivity index (χ3n) is 2.94. The molecule has 1 aromatic heterocycles. The number of carbonyl (C=O) groups is 1. The Morgan fingerprint density at radius 2 is 2.29 bits per heavy atom. The summed E-state index contributed by atoms with van der Waals surface area (Å²) in [5.41, 5.74) is -0.465. The number of carbonyl (C=O) groups excluding carboxylic acids is 1. The van der Waals surface area contributed by atoms with Gasteiger partial charge in [0.1, 0.15) is 17.4 Å². The number of nitriles is 1. The fourth-order valence-electron chi connectivity index (χ4n) is 1.82. The number of amides is 1. The second-order valence-electron chi connectivity index (χ2n) is 4.56. The molecule has 0 aliphatic rings. The van der Waals surface area contributed by atoms with Gasteiger partial charge in [0, 0.05) is 6.07 Å². The second-order valence-corrected chi connectivity index (χ2v) is 5.72. The highest BCUT2D eigenvalue weighted by molar-refractivity contribution is 14.1. The highest BCUT2D eigenvalue weighted by Gasteiger charge is 2.18. The molecule has 2 rings (SSSR count). The van der Waals surface area contributed by atoms with E-state index in [1.807, 2.05) is 0 Å². The number of halogens is 1. The number of nitrogens with zero attached hydrogens (tertiary/aromatic N) is 2. The number of nitrogens with one attached hydrogen (secondary N) is 1. The Bertz CT molecular complexity index is 853. The molecule has 2 N–H and O–H groups in total. The average Bonchev–Trinajstić information content (AvgIpc) is 3.06. The summed E-state index contributed by atoms with van der Waals surface area (Å²) in [6.07, 6.45) is 2.67. The van der Waals surface area contributed by atoms with E-state index in [1.165, 1.54) is 18.4 Å². The van der Waals surface area contributed by atoms with E-state index >= 15 is 0 Å². The Kier molecular flexibility index (Phi) is 5.54. The topological polar surface area (TPSA) is 129 Å². The highest BCUT2D eigenvalue weighted by atomic mass is 127. The van der Waals surface area contributed by atoms with Gasteiger partial charge in [-0.1, -0.05) is 0 Å². The van der Waals surface area contributed by atoms with Crippen LogP contribution in [0.1, 0.15) is 11.3 Å². The number of hydrogen-bond acceptors (Lipinski definition) is 6. The fourth-order valence-corrected chi connectivity index (χ4v) is 2.45. The number of hydrogen-bond donors (Lipinski definition) is 2. The predicted octanol–water partition coefficient (Wildman–Crippen LogP) is 2.72. The minimum atomic E-state index is -0.738. The summed E-state index contributed by atoms with van der Waals surface area (Å²) in [5, 5.41) is 32.2. The minimum Gasteiger partial charge on any atom is -0.501 e. The van der Waals surface area contributed by atoms with Crippen LogP contribution in [0.4, 0.5) is 5.69 Å². The van der Waals surface area contributed by atoms with E-state index in [2.05, 4.69) is 5.32 Å². The van der Waals surface area contributed by atoms with Gasteiger partial charge in [-0.3, -0.25) is 14.9 Å². The third kappa shape index (κ3) is 4.11. The monoisotopic (exact) mass is 439 g/mol. The van der Waals surface area contributed by atoms with Gasteiger partial charge < -0.3 is 14.8 Å². The largest absolute Gasteiger partial charge is 0.501 e. The van der Waals surface area contributed by atoms with Crippen LogP contribution in [0.15, 0.2) is 40.5 Å². The van der Waals surface area contributed by atoms with Gasteiger partial charge in [-0.05, 0) is 52.4 Å². The molecule has 24 heavy (non-hydrogen) atoms. The van der Waals surface area contributed by atoms with E-state index in [9.17, 15) is 20.0 Å². The van der Waals surface area contributed by atoms with E-state index in [-0.39, 0.29) is 21.3 Å². The van der Waals surface area contributed by atoms with E-state index in [0.29, 0.717) is 5.76 Å². The van der Waals surface area contributed by atoms with E-state index in [1.54, 1.807) is 40.8 Å². The number of phenols is 1. The quantitative estimate of drug-likeness (QED) is 0.242. The average molecular weight is 439 g/mol. The standard InChI is InChI=1S/C15H10IN3O5/c16-12-5-9(6-13(14(12)20)19(22)23)4-10(7-17)15(21)18-8-11-2-1-3-24-11/h1-6,20H,8H2,(H,18,21). The molecule has 122 valence electrons. The van der Waals surface area contributed by atoms with Crippen LogP contribution in [0.5, 0.6) is 5.75 Å². The molecule has 0 aliphatic heterocycles. The van der Waals surface area contributed by atoms with Crippen LogP contribution in [0.25, 0.3) is 6.08 Å². The van der Waals surface area contributed by atoms with Gasteiger partial charge in [0.05, 0.1) is 21.3 Å². The molecule has 0 aliphatic carbocycles. The molecule has 0 radical (unpaired) electrons. The lowest BCUT2D eigenvalue weighted by molar-refractivity contribution is -0.386. The molecule has 0 saturated heterocycles. The normalized spacial score (nSPS) is 10.9. The fraction of sp³-hybridized carbons (Fsp3) is 0.0667. The van der Waals surface area contributed by atoms with Crippen molar-refractivity contribution in [3.8, 4) is 11.8 Å². The molecule has 0 fully saturated rings. The van der Waals surface area contributed by atoms with Crippen LogP contribution in [0, 0.1) is 25.0 Å². The SMILES string of the molecule is N#CC(=Cc1cc(I)c(O)c([N+](=O)[O-])c1)C(=O)NCc1ccco1. The van der Waals surface area contributed by atoms with E-state index < -0.39 is 22.3 Å². The summed E-state index contributed by atoms with van der Waals surface area (Å²) in [6, 6.07) is 7.60. The van der Waals surface area contributed by atoms with Crippen LogP contribution < -0.4 is 5.32 Å². The first-order chi connectivity index (χ1) is 11.4. The summed E-state index contributed by atoms with van der Waals surface area (Å²) in [7, 11) is 0. The summed E-state index contributed by atoms with van der Waals surface area (Å²) in [5.74, 6) is -0.575. The summed E-state index contributed by atoms with van der Waals surface area (Å²) >= 11 is 1.73. The molecule has 1 amide bonds. The molecule has 1 heterocycles. The first kappa shape index (κ1) is 17.5. The minimum absolute atomic E-state index is 0.109. The van der Waals surface area contributed by atoms with Gasteiger partial charge in [-0.15, -0.1) is 0 Å². The predicted molar refractivity (Wildman–Crippen MR) is 91.6 cm³/mol. The van der Waals surface area contributed by atoms with Crippen LogP contribution in [0.3, 0.4) is 0 Å². The van der Waals surface area contributed by atoms with Crippen molar-refractivity contribution in [1.82, 2.24) is 5.32 Å². The molecule has 0 atom stereocenters. The van der Waals surface area contributed by atoms with Gasteiger partial charge in [0.2, 0.25) is 5.75 Å². The van der Waals surface area contributed by atoms with E-state index in [0.717, 1.165) is 6.07 Å². The Morgan fingerprint density at radius 1 is 1.54 bits per heavy atom. The number of furan rings is 1. The summed E-state index contributed by atoms with van der Waals surface area (Å²) < 4.78 is 5.30. The smallest absolute Gasteiger partial charge is 0.312 e. The number of nitro benzene ring substituents is 1. The van der Waals surface area contributed by atoms with Crippen molar-refractivity contribution < 1.29 is 19.2 Å². The Labute approximate surface area is 149 Å². The first-order valence-electron chi connectivity index (χ1n) is 6.51. The van der Waals surface area contributed by atoms with Crippen LogP contribution in [-0.2, 0) is 11.3 Å². The highest BCUT2D eigenvalue weighted by Crippen LogP contribution is 2.32. The molecule has 2 aromatic rings. The molecule has 1 aromatic carbocycles. The Hall–Kier alpha value is -2.87. The van der Waals surface area contributed by atoms with Crippen molar-refractivity contribution in [2.75, 3.05) is 0 Å². The maximum absolute atomic E-state index is 12.0. The second kappa shape index (κ2) is 7.60. The van der Waals surface area contributed by atoms with Gasteiger partial charge in [-0.2, -0.15) is 5.26 Å². The van der Waals surface area contributed by atoms with Crippen molar-refractivity contribution in [1.29, 1.82) is 5.26 Å². The summed E-state index contributed by atoms with van der Waals surface area (Å²) in [4.78, 5) is 22.2. The molecule has 0 saturated carbocycles. The first-order valence-corrected chi connectivity index (χ1v) is 7.59. The van der Waals surface area contributed by atoms with Crippen LogP contribution in [-0.4, -0.2) is 15.9 Å². The van der Waals surface area contributed by atoms with Crippen molar-refractivity contribution in [2.24, 2.45) is 0 Å². The molecular weight excluding hydrogens is 429 g/mol. The van der Waals surface area contributed by atoms with Gasteiger partial charge in [0.25, 0.3) is 5.91 Å². The molecule has 0 unspecified atom stereocenters. The maximum Gasteiger partial charge on any atom is 0.312 e.